The van der Waals surface area contributed by atoms with Gasteiger partial charge in [-0.25, -0.2) is 4.79 Å². The summed E-state index contributed by atoms with van der Waals surface area (Å²) >= 11 is 1.62. The number of Topliss-reactive ketones (excluding diaryl/α,β-unsaturated/α-hetero) is 1. The largest absolute Gasteiger partial charge is 0.490 e. The standard InChI is InChI=1S/C30H28N2O6S/c1-18-10-11-20(16-24(18)32(35)36)28-27(30(34)38-13-12-37-22-7-4-3-5-8-22)19(2)31-23-15-21(17-25(33)29(23)28)26-9-6-14-39-26/h3-11,14,16,21,28,31H,12-13,15,17H2,1-2H3. The first-order valence-electron chi connectivity index (χ1n) is 12.7. The number of thiophene rings is 1. The number of benzene rings is 2. The van der Waals surface area contributed by atoms with Gasteiger partial charge in [0.1, 0.15) is 19.0 Å². The van der Waals surface area contributed by atoms with E-state index in [2.05, 4.69) is 5.32 Å². The second-order valence-electron chi connectivity index (χ2n) is 9.63. The van der Waals surface area contributed by atoms with Crippen LogP contribution in [-0.2, 0) is 14.3 Å². The van der Waals surface area contributed by atoms with Crippen LogP contribution in [-0.4, -0.2) is 29.9 Å². The normalized spacial score (nSPS) is 18.9. The molecule has 2 unspecified atom stereocenters. The maximum atomic E-state index is 13.7. The number of allylic oxidation sites excluding steroid dienone is 3. The highest BCUT2D eigenvalue weighted by Crippen LogP contribution is 2.46. The number of carbonyl (C=O) groups excluding carboxylic acids is 2. The highest BCUT2D eigenvalue weighted by Gasteiger charge is 2.42. The number of ether oxygens (including phenoxy) is 2. The van der Waals surface area contributed by atoms with Crippen molar-refractivity contribution in [3.8, 4) is 5.75 Å². The molecule has 0 saturated heterocycles. The Labute approximate surface area is 230 Å². The topological polar surface area (TPSA) is 108 Å². The van der Waals surface area contributed by atoms with Crippen LogP contribution in [0.25, 0.3) is 0 Å². The van der Waals surface area contributed by atoms with Crippen molar-refractivity contribution in [1.82, 2.24) is 5.32 Å². The number of hydrogen-bond acceptors (Lipinski definition) is 8. The smallest absolute Gasteiger partial charge is 0.336 e. The molecule has 0 fully saturated rings. The molecule has 8 nitrogen and oxygen atoms in total. The van der Waals surface area contributed by atoms with E-state index in [-0.39, 0.29) is 36.2 Å². The van der Waals surface area contributed by atoms with Gasteiger partial charge in [-0.05, 0) is 49.4 Å². The molecule has 2 heterocycles. The van der Waals surface area contributed by atoms with Crippen molar-refractivity contribution in [2.45, 2.75) is 38.5 Å². The fourth-order valence-corrected chi connectivity index (χ4v) is 6.09. The van der Waals surface area contributed by atoms with Crippen LogP contribution in [0, 0.1) is 17.0 Å². The van der Waals surface area contributed by atoms with Crippen molar-refractivity contribution in [2.24, 2.45) is 0 Å². The number of hydrogen-bond donors (Lipinski definition) is 1. The number of aryl methyl sites for hydroxylation is 1. The molecule has 1 aromatic heterocycles. The maximum Gasteiger partial charge on any atom is 0.336 e. The molecule has 5 rings (SSSR count). The van der Waals surface area contributed by atoms with E-state index in [0.717, 1.165) is 10.6 Å². The van der Waals surface area contributed by atoms with E-state index < -0.39 is 16.8 Å². The molecule has 0 radical (unpaired) electrons. The van der Waals surface area contributed by atoms with Crippen molar-refractivity contribution >= 4 is 28.8 Å². The van der Waals surface area contributed by atoms with E-state index in [1.54, 1.807) is 37.3 Å². The zero-order valence-electron chi connectivity index (χ0n) is 21.6. The lowest BCUT2D eigenvalue weighted by molar-refractivity contribution is -0.385. The summed E-state index contributed by atoms with van der Waals surface area (Å²) in [6.45, 7) is 3.60. The van der Waals surface area contributed by atoms with E-state index in [9.17, 15) is 19.7 Å². The zero-order valence-corrected chi connectivity index (χ0v) is 22.5. The molecule has 9 heteroatoms. The number of nitrogens with zero attached hydrogens (tertiary/aromatic N) is 1. The Bertz CT molecular complexity index is 1480. The minimum atomic E-state index is -0.778. The second kappa shape index (κ2) is 11.2. The van der Waals surface area contributed by atoms with Crippen LogP contribution in [0.4, 0.5) is 5.69 Å². The van der Waals surface area contributed by atoms with Crippen molar-refractivity contribution < 1.29 is 24.0 Å². The van der Waals surface area contributed by atoms with Crippen LogP contribution in [0.3, 0.4) is 0 Å². The number of para-hydroxylation sites is 1. The predicted molar refractivity (Wildman–Crippen MR) is 148 cm³/mol. The van der Waals surface area contributed by atoms with Gasteiger partial charge in [0.2, 0.25) is 0 Å². The van der Waals surface area contributed by atoms with Gasteiger partial charge < -0.3 is 14.8 Å². The molecule has 2 atom stereocenters. The first-order valence-corrected chi connectivity index (χ1v) is 13.6. The number of rotatable bonds is 8. The fraction of sp³-hybridized carbons (Fsp3) is 0.267. The average molecular weight is 545 g/mol. The van der Waals surface area contributed by atoms with Crippen LogP contribution in [0.2, 0.25) is 0 Å². The first kappa shape index (κ1) is 26.4. The Balaban J connectivity index is 1.47. The fourth-order valence-electron chi connectivity index (χ4n) is 5.26. The van der Waals surface area contributed by atoms with Gasteiger partial charge in [0.15, 0.2) is 5.78 Å². The Morgan fingerprint density at radius 3 is 2.59 bits per heavy atom. The SMILES string of the molecule is CC1=C(C(=O)OCCOc2ccccc2)C(c2ccc(C)c([N+](=O)[O-])c2)C2=C(CC(c3cccs3)CC2=O)N1. The third kappa shape index (κ3) is 5.49. The van der Waals surface area contributed by atoms with Crippen molar-refractivity contribution in [2.75, 3.05) is 13.2 Å². The summed E-state index contributed by atoms with van der Waals surface area (Å²) in [5.74, 6) is -0.755. The van der Waals surface area contributed by atoms with Gasteiger partial charge >= 0.3 is 5.97 Å². The summed E-state index contributed by atoms with van der Waals surface area (Å²) in [6, 6.07) is 18.1. The number of dihydropyridines is 1. The van der Waals surface area contributed by atoms with E-state index in [0.29, 0.717) is 41.0 Å². The molecule has 3 aromatic rings. The maximum absolute atomic E-state index is 13.7. The van der Waals surface area contributed by atoms with Gasteiger partial charge in [-0.2, -0.15) is 0 Å². The first-order chi connectivity index (χ1) is 18.8. The van der Waals surface area contributed by atoms with Crippen LogP contribution >= 0.6 is 11.3 Å². The molecule has 0 saturated carbocycles. The molecule has 1 N–H and O–H groups in total. The molecular weight excluding hydrogens is 516 g/mol. The van der Waals surface area contributed by atoms with Gasteiger partial charge in [-0.1, -0.05) is 36.4 Å². The van der Waals surface area contributed by atoms with Gasteiger partial charge in [0.25, 0.3) is 5.69 Å². The minimum absolute atomic E-state index is 0.00553. The average Bonchev–Trinajstić information content (AvgIpc) is 3.46. The molecule has 2 aliphatic rings. The van der Waals surface area contributed by atoms with Gasteiger partial charge in [-0.15, -0.1) is 11.3 Å². The third-order valence-corrected chi connectivity index (χ3v) is 8.12. The van der Waals surface area contributed by atoms with Crippen LogP contribution in [0.1, 0.15) is 47.6 Å². The molecule has 1 aliphatic heterocycles. The predicted octanol–water partition coefficient (Wildman–Crippen LogP) is 5.95. The van der Waals surface area contributed by atoms with Crippen LogP contribution in [0.15, 0.2) is 88.6 Å². The lowest BCUT2D eigenvalue weighted by Gasteiger charge is -2.36. The summed E-state index contributed by atoms with van der Waals surface area (Å²) in [6.07, 6.45) is 0.911. The Morgan fingerprint density at radius 2 is 1.87 bits per heavy atom. The van der Waals surface area contributed by atoms with E-state index in [1.165, 1.54) is 6.07 Å². The van der Waals surface area contributed by atoms with Crippen molar-refractivity contribution in [1.29, 1.82) is 0 Å². The number of nitrogens with one attached hydrogen (secondary N) is 1. The number of esters is 1. The second-order valence-corrected chi connectivity index (χ2v) is 10.6. The van der Waals surface area contributed by atoms with E-state index >= 15 is 0 Å². The van der Waals surface area contributed by atoms with Gasteiger partial charge in [-0.3, -0.25) is 14.9 Å². The molecule has 0 bridgehead atoms. The number of nitro benzene ring substituents is 1. The summed E-state index contributed by atoms with van der Waals surface area (Å²) in [4.78, 5) is 39.6. The van der Waals surface area contributed by atoms with Crippen molar-refractivity contribution in [3.05, 3.63) is 115 Å². The zero-order chi connectivity index (χ0) is 27.5. The lowest BCUT2D eigenvalue weighted by atomic mass is 9.72. The summed E-state index contributed by atoms with van der Waals surface area (Å²) in [7, 11) is 0. The lowest BCUT2D eigenvalue weighted by Crippen LogP contribution is -2.36. The van der Waals surface area contributed by atoms with E-state index in [4.69, 9.17) is 9.47 Å². The molecule has 39 heavy (non-hydrogen) atoms. The number of nitro groups is 1. The quantitative estimate of drug-likeness (QED) is 0.162. The van der Waals surface area contributed by atoms with Gasteiger partial charge in [0.05, 0.1) is 10.5 Å². The third-order valence-electron chi connectivity index (χ3n) is 7.08. The molecule has 2 aromatic carbocycles. The van der Waals surface area contributed by atoms with E-state index in [1.807, 2.05) is 47.8 Å². The highest BCUT2D eigenvalue weighted by molar-refractivity contribution is 7.10. The summed E-state index contributed by atoms with van der Waals surface area (Å²) in [5.41, 5.74) is 3.01. The van der Waals surface area contributed by atoms with Crippen LogP contribution in [0.5, 0.6) is 5.75 Å². The summed E-state index contributed by atoms with van der Waals surface area (Å²) in [5, 5.41) is 17.1. The molecule has 200 valence electrons. The molecule has 1 aliphatic carbocycles. The Hall–Kier alpha value is -4.24. The molecule has 0 amide bonds. The highest BCUT2D eigenvalue weighted by atomic mass is 32.1. The number of carbonyl (C=O) groups is 2. The van der Waals surface area contributed by atoms with Crippen LogP contribution < -0.4 is 10.1 Å². The Morgan fingerprint density at radius 1 is 1.08 bits per heavy atom. The van der Waals surface area contributed by atoms with Gasteiger partial charge in [0, 0.05) is 51.7 Å². The monoisotopic (exact) mass is 544 g/mol. The Kier molecular flexibility index (Phi) is 7.60. The number of ketones is 1. The van der Waals surface area contributed by atoms with Crippen molar-refractivity contribution in [3.63, 3.8) is 0 Å². The summed E-state index contributed by atoms with van der Waals surface area (Å²) < 4.78 is 11.2. The minimum Gasteiger partial charge on any atom is -0.490 e. The molecule has 0 spiro atoms. The molecular formula is C30H28N2O6S.